The Morgan fingerprint density at radius 1 is 1.39 bits per heavy atom. The number of carbonyl (C=O) groups excluding carboxylic acids is 2. The van der Waals surface area contributed by atoms with Crippen molar-refractivity contribution in [2.24, 2.45) is 0 Å². The highest BCUT2D eigenvalue weighted by atomic mass is 32.1. The topological polar surface area (TPSA) is 67.9 Å². The van der Waals surface area contributed by atoms with Crippen LogP contribution in [0.1, 0.15) is 42.9 Å². The van der Waals surface area contributed by atoms with Crippen molar-refractivity contribution in [1.82, 2.24) is 10.2 Å². The Balaban J connectivity index is 2.52. The van der Waals surface area contributed by atoms with Crippen LogP contribution in [-0.4, -0.2) is 49.3 Å². The molecule has 1 unspecified atom stereocenters. The molecule has 1 atom stereocenters. The minimum atomic E-state index is -0.509. The van der Waals surface area contributed by atoms with E-state index in [1.807, 2.05) is 46.2 Å². The van der Waals surface area contributed by atoms with Gasteiger partial charge in [-0.1, -0.05) is 0 Å². The zero-order chi connectivity index (χ0) is 17.6. The van der Waals surface area contributed by atoms with Crippen LogP contribution in [0.15, 0.2) is 11.4 Å². The maximum Gasteiger partial charge on any atom is 0.407 e. The Bertz CT molecular complexity index is 536. The van der Waals surface area contributed by atoms with Gasteiger partial charge in [-0.3, -0.25) is 4.90 Å². The van der Waals surface area contributed by atoms with E-state index in [2.05, 4.69) is 10.2 Å². The minimum Gasteiger partial charge on any atom is -0.465 e. The summed E-state index contributed by atoms with van der Waals surface area (Å²) in [5, 5.41) is 4.63. The molecule has 0 fully saturated rings. The van der Waals surface area contributed by atoms with Gasteiger partial charge in [-0.15, -0.1) is 11.3 Å². The van der Waals surface area contributed by atoms with Crippen LogP contribution < -0.4 is 5.32 Å². The SMILES string of the molecule is COC(=O)c1sccc1CN(C)C(C)CNC(=O)OC(C)(C)C. The van der Waals surface area contributed by atoms with Crippen LogP contribution in [0.4, 0.5) is 4.79 Å². The fourth-order valence-electron chi connectivity index (χ4n) is 1.86. The average Bonchev–Trinajstić information content (AvgIpc) is 2.90. The first-order chi connectivity index (χ1) is 10.6. The highest BCUT2D eigenvalue weighted by molar-refractivity contribution is 7.12. The predicted molar refractivity (Wildman–Crippen MR) is 90.8 cm³/mol. The third-order valence-electron chi connectivity index (χ3n) is 3.23. The second-order valence-electron chi connectivity index (χ2n) is 6.41. The molecule has 0 spiro atoms. The van der Waals surface area contributed by atoms with E-state index in [1.54, 1.807) is 0 Å². The monoisotopic (exact) mass is 342 g/mol. The zero-order valence-electron chi connectivity index (χ0n) is 14.6. The first-order valence-corrected chi connectivity index (χ1v) is 8.33. The van der Waals surface area contributed by atoms with Gasteiger partial charge in [0.25, 0.3) is 0 Å². The molecule has 0 bridgehead atoms. The van der Waals surface area contributed by atoms with Gasteiger partial charge in [0.1, 0.15) is 10.5 Å². The van der Waals surface area contributed by atoms with Crippen molar-refractivity contribution >= 4 is 23.4 Å². The highest BCUT2D eigenvalue weighted by Crippen LogP contribution is 2.20. The molecule has 1 aromatic rings. The normalized spacial score (nSPS) is 12.8. The summed E-state index contributed by atoms with van der Waals surface area (Å²) in [6, 6.07) is 2.01. The smallest absolute Gasteiger partial charge is 0.407 e. The van der Waals surface area contributed by atoms with Gasteiger partial charge in [-0.2, -0.15) is 0 Å². The number of nitrogens with zero attached hydrogens (tertiary/aromatic N) is 1. The second-order valence-corrected chi connectivity index (χ2v) is 7.33. The van der Waals surface area contributed by atoms with Crippen molar-refractivity contribution in [3.8, 4) is 0 Å². The molecule has 0 aliphatic heterocycles. The van der Waals surface area contributed by atoms with Crippen molar-refractivity contribution in [2.45, 2.75) is 45.9 Å². The van der Waals surface area contributed by atoms with Crippen LogP contribution in [0.25, 0.3) is 0 Å². The molecule has 0 saturated heterocycles. The minimum absolute atomic E-state index is 0.0907. The number of esters is 1. The molecule has 1 amide bonds. The number of thiophene rings is 1. The molecule has 1 N–H and O–H groups in total. The third-order valence-corrected chi connectivity index (χ3v) is 4.17. The van der Waals surface area contributed by atoms with Crippen molar-refractivity contribution in [3.05, 3.63) is 21.9 Å². The van der Waals surface area contributed by atoms with Gasteiger partial charge >= 0.3 is 12.1 Å². The molecule has 1 aromatic heterocycles. The molecule has 6 nitrogen and oxygen atoms in total. The molecule has 0 aromatic carbocycles. The van der Waals surface area contributed by atoms with E-state index in [0.717, 1.165) is 5.56 Å². The molecule has 0 saturated carbocycles. The van der Waals surface area contributed by atoms with Crippen molar-refractivity contribution in [2.75, 3.05) is 20.7 Å². The molecule has 130 valence electrons. The van der Waals surface area contributed by atoms with Gasteiger partial charge < -0.3 is 14.8 Å². The first-order valence-electron chi connectivity index (χ1n) is 7.46. The fourth-order valence-corrected chi connectivity index (χ4v) is 2.69. The van der Waals surface area contributed by atoms with Gasteiger partial charge in [-0.25, -0.2) is 9.59 Å². The van der Waals surface area contributed by atoms with Crippen LogP contribution in [-0.2, 0) is 16.0 Å². The largest absolute Gasteiger partial charge is 0.465 e. The molecule has 1 heterocycles. The summed E-state index contributed by atoms with van der Waals surface area (Å²) >= 11 is 1.37. The summed E-state index contributed by atoms with van der Waals surface area (Å²) in [6.07, 6.45) is -0.427. The zero-order valence-corrected chi connectivity index (χ0v) is 15.5. The lowest BCUT2D eigenvalue weighted by Gasteiger charge is -2.26. The molecular formula is C16H26N2O4S. The van der Waals surface area contributed by atoms with E-state index in [0.29, 0.717) is 18.0 Å². The lowest BCUT2D eigenvalue weighted by molar-refractivity contribution is 0.0512. The number of methoxy groups -OCH3 is 1. The quantitative estimate of drug-likeness (QED) is 0.805. The van der Waals surface area contributed by atoms with Gasteiger partial charge in [0.2, 0.25) is 0 Å². The molecule has 23 heavy (non-hydrogen) atoms. The van der Waals surface area contributed by atoms with E-state index in [9.17, 15) is 9.59 Å². The van der Waals surface area contributed by atoms with E-state index < -0.39 is 11.7 Å². The standard InChI is InChI=1S/C16H26N2O4S/c1-11(9-17-15(20)22-16(2,3)4)18(5)10-12-7-8-23-13(12)14(19)21-6/h7-8,11H,9-10H2,1-6H3,(H,17,20). The number of amides is 1. The van der Waals surface area contributed by atoms with E-state index in [-0.39, 0.29) is 12.0 Å². The van der Waals surface area contributed by atoms with Crippen LogP contribution >= 0.6 is 11.3 Å². The lowest BCUT2D eigenvalue weighted by atomic mass is 10.2. The van der Waals surface area contributed by atoms with Gasteiger partial charge in [0.05, 0.1) is 7.11 Å². The molecular weight excluding hydrogens is 316 g/mol. The summed E-state index contributed by atoms with van der Waals surface area (Å²) in [5.41, 5.74) is 0.416. The first kappa shape index (κ1) is 19.4. The summed E-state index contributed by atoms with van der Waals surface area (Å²) in [7, 11) is 3.32. The molecule has 0 radical (unpaired) electrons. The maximum atomic E-state index is 11.7. The Morgan fingerprint density at radius 3 is 2.61 bits per heavy atom. The number of alkyl carbamates (subject to hydrolysis) is 1. The fraction of sp³-hybridized carbons (Fsp3) is 0.625. The van der Waals surface area contributed by atoms with Gasteiger partial charge in [-0.05, 0) is 51.8 Å². The van der Waals surface area contributed by atoms with Gasteiger partial charge in [0, 0.05) is 19.1 Å². The number of ether oxygens (including phenoxy) is 2. The summed E-state index contributed by atoms with van der Waals surface area (Å²) in [5.74, 6) is -0.317. The number of hydrogen-bond acceptors (Lipinski definition) is 6. The number of nitrogens with one attached hydrogen (secondary N) is 1. The Labute approximate surface area is 141 Å². The maximum absolute atomic E-state index is 11.7. The molecule has 7 heteroatoms. The number of rotatable bonds is 6. The van der Waals surface area contributed by atoms with Crippen molar-refractivity contribution in [3.63, 3.8) is 0 Å². The van der Waals surface area contributed by atoms with Crippen LogP contribution in [0, 0.1) is 0 Å². The molecule has 1 rings (SSSR count). The highest BCUT2D eigenvalue weighted by Gasteiger charge is 2.19. The number of hydrogen-bond donors (Lipinski definition) is 1. The number of carbonyl (C=O) groups is 2. The van der Waals surface area contributed by atoms with Crippen LogP contribution in [0.3, 0.4) is 0 Å². The van der Waals surface area contributed by atoms with Crippen molar-refractivity contribution in [1.29, 1.82) is 0 Å². The van der Waals surface area contributed by atoms with Crippen molar-refractivity contribution < 1.29 is 19.1 Å². The third kappa shape index (κ3) is 6.58. The summed E-state index contributed by atoms with van der Waals surface area (Å²) in [6.45, 7) is 8.54. The second kappa shape index (κ2) is 8.31. The Hall–Kier alpha value is -1.60. The summed E-state index contributed by atoms with van der Waals surface area (Å²) < 4.78 is 9.99. The van der Waals surface area contributed by atoms with Crippen LogP contribution in [0.5, 0.6) is 0 Å². The average molecular weight is 342 g/mol. The molecule has 0 aliphatic rings. The van der Waals surface area contributed by atoms with Crippen LogP contribution in [0.2, 0.25) is 0 Å². The molecule has 0 aliphatic carbocycles. The van der Waals surface area contributed by atoms with E-state index in [4.69, 9.17) is 9.47 Å². The predicted octanol–water partition coefficient (Wildman–Crippen LogP) is 2.88. The van der Waals surface area contributed by atoms with E-state index in [1.165, 1.54) is 18.4 Å². The van der Waals surface area contributed by atoms with Gasteiger partial charge in [0.15, 0.2) is 0 Å². The number of likely N-dealkylation sites (N-methyl/N-ethyl adjacent to an activating group) is 1. The Morgan fingerprint density at radius 2 is 2.04 bits per heavy atom. The summed E-state index contributed by atoms with van der Waals surface area (Å²) in [4.78, 5) is 26.0. The van der Waals surface area contributed by atoms with E-state index >= 15 is 0 Å². The lowest BCUT2D eigenvalue weighted by Crippen LogP contribution is -2.41. The Kier molecular flexibility index (Phi) is 7.02.